The molecular formula is C9H14OSi. The lowest BCUT2D eigenvalue weighted by Crippen LogP contribution is -2.10. The molecule has 1 aliphatic carbocycles. The van der Waals surface area contributed by atoms with Gasteiger partial charge in [-0.1, -0.05) is 5.70 Å². The Labute approximate surface area is 70.6 Å². The van der Waals surface area contributed by atoms with Crippen molar-refractivity contribution in [3.8, 4) is 0 Å². The van der Waals surface area contributed by atoms with E-state index in [0.29, 0.717) is 12.2 Å². The van der Waals surface area contributed by atoms with Gasteiger partial charge in [-0.05, 0) is 31.3 Å². The van der Waals surface area contributed by atoms with E-state index in [1.54, 1.807) is 0 Å². The number of ether oxygens (including phenoxy) is 1. The highest BCUT2D eigenvalue weighted by molar-refractivity contribution is 6.16. The second-order valence-corrected chi connectivity index (χ2v) is 3.99. The molecule has 3 unspecified atom stereocenters. The molecule has 0 aromatic heterocycles. The molecule has 60 valence electrons. The number of hydrogen-bond donors (Lipinski definition) is 0. The molecule has 11 heavy (non-hydrogen) atoms. The standard InChI is InChI=1S/C9H14OSi/c11-5-1-2-7-3-4-8-9(6-7)10-8/h2,5,7-9H,3-4,6H2,11H3. The maximum atomic E-state index is 5.44. The summed E-state index contributed by atoms with van der Waals surface area (Å²) in [6.45, 7) is 0. The first-order valence-corrected chi connectivity index (χ1v) is 5.58. The first-order valence-electron chi connectivity index (χ1n) is 4.43. The lowest BCUT2D eigenvalue weighted by atomic mass is 9.89. The summed E-state index contributed by atoms with van der Waals surface area (Å²) in [5.74, 6) is 0.754. The average molecular weight is 166 g/mol. The van der Waals surface area contributed by atoms with Gasteiger partial charge in [0.15, 0.2) is 0 Å². The third-order valence-corrected chi connectivity index (χ3v) is 2.88. The van der Waals surface area contributed by atoms with Crippen LogP contribution in [0.2, 0.25) is 0 Å². The molecule has 2 rings (SSSR count). The summed E-state index contributed by atoms with van der Waals surface area (Å²) >= 11 is 0. The lowest BCUT2D eigenvalue weighted by Gasteiger charge is -2.12. The van der Waals surface area contributed by atoms with Gasteiger partial charge in [0.05, 0.1) is 12.2 Å². The second kappa shape index (κ2) is 2.98. The largest absolute Gasteiger partial charge is 0.370 e. The van der Waals surface area contributed by atoms with Gasteiger partial charge in [0.1, 0.15) is 0 Å². The van der Waals surface area contributed by atoms with Crippen LogP contribution >= 0.6 is 0 Å². The number of rotatable bonds is 1. The van der Waals surface area contributed by atoms with Crippen molar-refractivity contribution in [3.63, 3.8) is 0 Å². The molecule has 1 saturated carbocycles. The molecule has 0 radical (unpaired) electrons. The van der Waals surface area contributed by atoms with Crippen LogP contribution < -0.4 is 0 Å². The van der Waals surface area contributed by atoms with Crippen LogP contribution in [0, 0.1) is 5.92 Å². The van der Waals surface area contributed by atoms with E-state index >= 15 is 0 Å². The van der Waals surface area contributed by atoms with Gasteiger partial charge in [0.2, 0.25) is 0 Å². The van der Waals surface area contributed by atoms with Gasteiger partial charge in [0.25, 0.3) is 0 Å². The van der Waals surface area contributed by atoms with Crippen LogP contribution in [-0.2, 0) is 4.74 Å². The smallest absolute Gasteiger partial charge is 0.0847 e. The summed E-state index contributed by atoms with van der Waals surface area (Å²) in [5, 5.41) is 0. The SMILES string of the molecule is [SiH3]C=C=CC1CCC2OC2C1. The van der Waals surface area contributed by atoms with E-state index in [0.717, 1.165) is 16.2 Å². The number of epoxide rings is 1. The zero-order valence-electron chi connectivity index (χ0n) is 6.92. The minimum atomic E-state index is 0.612. The maximum Gasteiger partial charge on any atom is 0.0847 e. The van der Waals surface area contributed by atoms with E-state index < -0.39 is 0 Å². The molecule has 0 N–H and O–H groups in total. The van der Waals surface area contributed by atoms with Gasteiger partial charge in [0, 0.05) is 10.2 Å². The maximum absolute atomic E-state index is 5.44. The fraction of sp³-hybridized carbons (Fsp3) is 0.667. The van der Waals surface area contributed by atoms with Crippen molar-refractivity contribution in [3.05, 3.63) is 17.5 Å². The molecule has 0 bridgehead atoms. The van der Waals surface area contributed by atoms with Crippen molar-refractivity contribution >= 4 is 10.2 Å². The second-order valence-electron chi connectivity index (χ2n) is 3.41. The molecule has 1 heterocycles. The zero-order valence-corrected chi connectivity index (χ0v) is 8.92. The Morgan fingerprint density at radius 3 is 3.00 bits per heavy atom. The first kappa shape index (κ1) is 7.35. The van der Waals surface area contributed by atoms with E-state index in [1.165, 1.54) is 19.3 Å². The molecule has 0 amide bonds. The average Bonchev–Trinajstić information content (AvgIpc) is 2.78. The van der Waals surface area contributed by atoms with Crippen LogP contribution in [-0.4, -0.2) is 22.5 Å². The first-order chi connectivity index (χ1) is 5.40. The van der Waals surface area contributed by atoms with E-state index in [9.17, 15) is 0 Å². The molecule has 1 nitrogen and oxygen atoms in total. The summed E-state index contributed by atoms with van der Waals surface area (Å²) in [5.41, 5.74) is 5.32. The van der Waals surface area contributed by atoms with Crippen LogP contribution in [0.5, 0.6) is 0 Å². The Morgan fingerprint density at radius 1 is 1.36 bits per heavy atom. The van der Waals surface area contributed by atoms with E-state index in [-0.39, 0.29) is 0 Å². The minimum Gasteiger partial charge on any atom is -0.370 e. The van der Waals surface area contributed by atoms with E-state index in [1.807, 2.05) is 0 Å². The van der Waals surface area contributed by atoms with Gasteiger partial charge in [-0.25, -0.2) is 0 Å². The van der Waals surface area contributed by atoms with E-state index in [2.05, 4.69) is 17.5 Å². The highest BCUT2D eigenvalue weighted by Gasteiger charge is 2.43. The van der Waals surface area contributed by atoms with Crippen molar-refractivity contribution in [1.29, 1.82) is 0 Å². The monoisotopic (exact) mass is 166 g/mol. The highest BCUT2D eigenvalue weighted by atomic mass is 28.1. The molecule has 1 saturated heterocycles. The predicted octanol–water partition coefficient (Wildman–Crippen LogP) is 0.588. The molecule has 2 aliphatic rings. The predicted molar refractivity (Wildman–Crippen MR) is 48.6 cm³/mol. The van der Waals surface area contributed by atoms with Gasteiger partial charge < -0.3 is 4.74 Å². The summed E-state index contributed by atoms with van der Waals surface area (Å²) in [6, 6.07) is 0. The number of fused-ring (bicyclic) bond motifs is 1. The van der Waals surface area contributed by atoms with Gasteiger partial charge in [-0.15, -0.1) is 5.73 Å². The molecular weight excluding hydrogens is 152 g/mol. The fourth-order valence-corrected chi connectivity index (χ4v) is 2.01. The Bertz CT molecular complexity index is 206. The summed E-state index contributed by atoms with van der Waals surface area (Å²) < 4.78 is 5.44. The van der Waals surface area contributed by atoms with Crippen LogP contribution in [0.3, 0.4) is 0 Å². The Morgan fingerprint density at radius 2 is 2.27 bits per heavy atom. The van der Waals surface area contributed by atoms with Gasteiger partial charge >= 0.3 is 0 Å². The fourth-order valence-electron chi connectivity index (χ4n) is 1.82. The normalized spacial score (nSPS) is 40.5. The van der Waals surface area contributed by atoms with Crippen LogP contribution in [0.25, 0.3) is 0 Å². The summed E-state index contributed by atoms with van der Waals surface area (Å²) in [6.07, 6.45) is 7.30. The van der Waals surface area contributed by atoms with Crippen LogP contribution in [0.4, 0.5) is 0 Å². The molecule has 0 spiro atoms. The summed E-state index contributed by atoms with van der Waals surface area (Å²) in [4.78, 5) is 0. The third kappa shape index (κ3) is 1.64. The van der Waals surface area contributed by atoms with Crippen molar-refractivity contribution in [2.75, 3.05) is 0 Å². The summed E-state index contributed by atoms with van der Waals surface area (Å²) in [7, 11) is 1.13. The Balaban J connectivity index is 1.90. The molecule has 3 atom stereocenters. The van der Waals surface area contributed by atoms with Crippen molar-refractivity contribution in [2.45, 2.75) is 31.5 Å². The molecule has 2 fully saturated rings. The zero-order chi connectivity index (χ0) is 7.68. The minimum absolute atomic E-state index is 0.612. The van der Waals surface area contributed by atoms with Gasteiger partial charge in [-0.3, -0.25) is 0 Å². The topological polar surface area (TPSA) is 12.5 Å². The molecule has 1 aliphatic heterocycles. The quantitative estimate of drug-likeness (QED) is 0.315. The molecule has 0 aromatic carbocycles. The van der Waals surface area contributed by atoms with Crippen LogP contribution in [0.15, 0.2) is 17.5 Å². The number of allylic oxidation sites excluding steroid dienone is 1. The molecule has 2 heteroatoms. The number of hydrogen-bond acceptors (Lipinski definition) is 1. The Hall–Kier alpha value is -0.303. The Kier molecular flexibility index (Phi) is 1.99. The van der Waals surface area contributed by atoms with Gasteiger partial charge in [-0.2, -0.15) is 0 Å². The lowest BCUT2D eigenvalue weighted by molar-refractivity contribution is 0.370. The van der Waals surface area contributed by atoms with Crippen LogP contribution in [0.1, 0.15) is 19.3 Å². The highest BCUT2D eigenvalue weighted by Crippen LogP contribution is 2.39. The molecule has 0 aromatic rings. The third-order valence-electron chi connectivity index (χ3n) is 2.54. The van der Waals surface area contributed by atoms with Crippen molar-refractivity contribution in [1.82, 2.24) is 0 Å². The van der Waals surface area contributed by atoms with E-state index in [4.69, 9.17) is 4.74 Å². The van der Waals surface area contributed by atoms with Crippen molar-refractivity contribution in [2.24, 2.45) is 5.92 Å². The van der Waals surface area contributed by atoms with Crippen molar-refractivity contribution < 1.29 is 4.74 Å².